The second-order valence-corrected chi connectivity index (χ2v) is 6.70. The predicted molar refractivity (Wildman–Crippen MR) is 112 cm³/mol. The molecule has 6 heteroatoms. The van der Waals surface area contributed by atoms with E-state index in [1.807, 2.05) is 12.4 Å². The van der Waals surface area contributed by atoms with Crippen LogP contribution in [-0.4, -0.2) is 22.5 Å². The average molecular weight is 449 g/mol. The largest absolute Gasteiger partial charge is 0.370 e. The second kappa shape index (κ2) is 8.12. The summed E-state index contributed by atoms with van der Waals surface area (Å²) in [6.07, 6.45) is 10.7. The highest BCUT2D eigenvalue weighted by molar-refractivity contribution is 14.0. The molecule has 0 unspecified atom stereocenters. The number of guanidine groups is 1. The molecule has 0 saturated heterocycles. The zero-order valence-corrected chi connectivity index (χ0v) is 16.6. The van der Waals surface area contributed by atoms with E-state index in [9.17, 15) is 0 Å². The average Bonchev–Trinajstić information content (AvgIpc) is 3.33. The lowest BCUT2D eigenvalue weighted by Crippen LogP contribution is -2.23. The highest BCUT2D eigenvalue weighted by Crippen LogP contribution is 2.37. The number of halogens is 1. The molecule has 0 aliphatic heterocycles. The number of anilines is 1. The molecule has 2 aliphatic rings. The molecule has 1 aromatic carbocycles. The van der Waals surface area contributed by atoms with Crippen LogP contribution >= 0.6 is 24.0 Å². The molecule has 0 radical (unpaired) electrons. The molecule has 1 fully saturated rings. The molecule has 5 nitrogen and oxygen atoms in total. The number of hydrogen-bond acceptors (Lipinski definition) is 3. The number of benzene rings is 1. The van der Waals surface area contributed by atoms with Crippen LogP contribution in [-0.2, 0) is 19.3 Å². The van der Waals surface area contributed by atoms with Crippen LogP contribution in [0.15, 0.2) is 35.6 Å². The van der Waals surface area contributed by atoms with Gasteiger partial charge in [-0.2, -0.15) is 0 Å². The Balaban J connectivity index is 0.00000182. The van der Waals surface area contributed by atoms with Crippen molar-refractivity contribution in [3.05, 3.63) is 53.1 Å². The molecule has 1 aromatic heterocycles. The third-order valence-electron chi connectivity index (χ3n) is 4.72. The Hall–Kier alpha value is -1.70. The summed E-state index contributed by atoms with van der Waals surface area (Å²) < 4.78 is 0. The Labute approximate surface area is 165 Å². The van der Waals surface area contributed by atoms with Gasteiger partial charge in [0, 0.05) is 30.5 Å². The van der Waals surface area contributed by atoms with Gasteiger partial charge in [-0.3, -0.25) is 4.99 Å². The van der Waals surface area contributed by atoms with E-state index in [1.165, 1.54) is 43.2 Å². The summed E-state index contributed by atoms with van der Waals surface area (Å²) in [6, 6.07) is 6.46. The van der Waals surface area contributed by atoms with Gasteiger partial charge in [0.2, 0.25) is 0 Å². The van der Waals surface area contributed by atoms with Crippen molar-refractivity contribution in [1.29, 1.82) is 0 Å². The van der Waals surface area contributed by atoms with Crippen molar-refractivity contribution in [2.24, 2.45) is 10.7 Å². The van der Waals surface area contributed by atoms with E-state index in [4.69, 9.17) is 5.73 Å². The molecule has 0 amide bonds. The van der Waals surface area contributed by atoms with Gasteiger partial charge in [0.15, 0.2) is 5.96 Å². The van der Waals surface area contributed by atoms with Gasteiger partial charge in [-0.15, -0.1) is 24.0 Å². The fraction of sp³-hybridized carbons (Fsp3) is 0.421. The van der Waals surface area contributed by atoms with Crippen LogP contribution in [0.4, 0.5) is 5.69 Å². The molecule has 1 saturated carbocycles. The summed E-state index contributed by atoms with van der Waals surface area (Å²) in [4.78, 5) is 13.3. The van der Waals surface area contributed by atoms with E-state index >= 15 is 0 Å². The smallest absolute Gasteiger partial charge is 0.193 e. The van der Waals surface area contributed by atoms with Gasteiger partial charge in [0.1, 0.15) is 5.82 Å². The number of aromatic nitrogens is 2. The van der Waals surface area contributed by atoms with Crippen LogP contribution in [0.5, 0.6) is 0 Å². The van der Waals surface area contributed by atoms with Gasteiger partial charge < -0.3 is 11.1 Å². The Morgan fingerprint density at radius 3 is 2.68 bits per heavy atom. The predicted octanol–water partition coefficient (Wildman–Crippen LogP) is 3.43. The third kappa shape index (κ3) is 4.68. The fourth-order valence-electron chi connectivity index (χ4n) is 3.19. The molecule has 2 aliphatic carbocycles. The van der Waals surface area contributed by atoms with Crippen LogP contribution in [0.25, 0.3) is 0 Å². The SMILES string of the molecule is I.NC(=NCCc1cnc(C2CC2)nc1)Nc1ccc2c(c1)CCC2. The first kappa shape index (κ1) is 18.1. The molecule has 2 aromatic rings. The van der Waals surface area contributed by atoms with E-state index in [1.54, 1.807) is 0 Å². The van der Waals surface area contributed by atoms with Gasteiger partial charge in [-0.25, -0.2) is 9.97 Å². The molecule has 3 N–H and O–H groups in total. The van der Waals surface area contributed by atoms with Crippen molar-refractivity contribution in [2.75, 3.05) is 11.9 Å². The summed E-state index contributed by atoms with van der Waals surface area (Å²) in [6.45, 7) is 0.635. The van der Waals surface area contributed by atoms with E-state index in [0.717, 1.165) is 23.5 Å². The first-order valence-corrected chi connectivity index (χ1v) is 8.77. The molecule has 0 bridgehead atoms. The van der Waals surface area contributed by atoms with Gasteiger partial charge in [0.25, 0.3) is 0 Å². The minimum Gasteiger partial charge on any atom is -0.370 e. The lowest BCUT2D eigenvalue weighted by Gasteiger charge is -2.08. The van der Waals surface area contributed by atoms with Gasteiger partial charge >= 0.3 is 0 Å². The monoisotopic (exact) mass is 449 g/mol. The van der Waals surface area contributed by atoms with Gasteiger partial charge in [0.05, 0.1) is 0 Å². The number of nitrogens with one attached hydrogen (secondary N) is 1. The Morgan fingerprint density at radius 1 is 1.16 bits per heavy atom. The van der Waals surface area contributed by atoms with Crippen molar-refractivity contribution in [1.82, 2.24) is 9.97 Å². The lowest BCUT2D eigenvalue weighted by molar-refractivity contribution is 0.881. The summed E-state index contributed by atoms with van der Waals surface area (Å²) in [5.74, 6) is 2.05. The number of aliphatic imine (C=N–C) groups is 1. The van der Waals surface area contributed by atoms with Crippen molar-refractivity contribution < 1.29 is 0 Å². The number of aryl methyl sites for hydroxylation is 2. The maximum atomic E-state index is 5.99. The number of nitrogens with two attached hydrogens (primary N) is 1. The van der Waals surface area contributed by atoms with Crippen LogP contribution in [0.2, 0.25) is 0 Å². The van der Waals surface area contributed by atoms with Crippen LogP contribution in [0, 0.1) is 0 Å². The molecular formula is C19H24IN5. The van der Waals surface area contributed by atoms with E-state index in [-0.39, 0.29) is 24.0 Å². The first-order chi connectivity index (χ1) is 11.8. The number of fused-ring (bicyclic) bond motifs is 1. The van der Waals surface area contributed by atoms with E-state index < -0.39 is 0 Å². The highest BCUT2D eigenvalue weighted by atomic mass is 127. The lowest BCUT2D eigenvalue weighted by atomic mass is 10.1. The standard InChI is InChI=1S/C19H23N5.HI/c20-19(24-17-7-6-14-2-1-3-16(14)10-17)21-9-8-13-11-22-18(23-12-13)15-4-5-15;/h6-7,10-12,15H,1-5,8-9H2,(H3,20,21,24);1H. The Morgan fingerprint density at radius 2 is 1.92 bits per heavy atom. The zero-order valence-electron chi connectivity index (χ0n) is 14.2. The van der Waals surface area contributed by atoms with Crippen molar-refractivity contribution >= 4 is 35.6 Å². The number of hydrogen-bond donors (Lipinski definition) is 2. The molecule has 25 heavy (non-hydrogen) atoms. The Bertz CT molecular complexity index is 753. The van der Waals surface area contributed by atoms with E-state index in [0.29, 0.717) is 18.4 Å². The van der Waals surface area contributed by atoms with Gasteiger partial charge in [-0.1, -0.05) is 6.07 Å². The summed E-state index contributed by atoms with van der Waals surface area (Å²) >= 11 is 0. The second-order valence-electron chi connectivity index (χ2n) is 6.70. The molecule has 0 atom stereocenters. The molecule has 0 spiro atoms. The quantitative estimate of drug-likeness (QED) is 0.417. The Kier molecular flexibility index (Phi) is 5.88. The van der Waals surface area contributed by atoms with Crippen LogP contribution in [0.3, 0.4) is 0 Å². The molecule has 132 valence electrons. The van der Waals surface area contributed by atoms with Crippen molar-refractivity contribution in [3.8, 4) is 0 Å². The van der Waals surface area contributed by atoms with Crippen molar-refractivity contribution in [3.63, 3.8) is 0 Å². The third-order valence-corrected chi connectivity index (χ3v) is 4.72. The topological polar surface area (TPSA) is 76.2 Å². The molecular weight excluding hydrogens is 425 g/mol. The summed E-state index contributed by atoms with van der Waals surface area (Å²) in [5.41, 5.74) is 11.0. The summed E-state index contributed by atoms with van der Waals surface area (Å²) in [5, 5.41) is 3.19. The highest BCUT2D eigenvalue weighted by Gasteiger charge is 2.25. The fourth-order valence-corrected chi connectivity index (χ4v) is 3.19. The van der Waals surface area contributed by atoms with E-state index in [2.05, 4.69) is 38.5 Å². The van der Waals surface area contributed by atoms with Crippen LogP contribution in [0.1, 0.15) is 47.7 Å². The first-order valence-electron chi connectivity index (χ1n) is 8.77. The summed E-state index contributed by atoms with van der Waals surface area (Å²) in [7, 11) is 0. The molecule has 4 rings (SSSR count). The van der Waals surface area contributed by atoms with Gasteiger partial charge in [-0.05, 0) is 67.3 Å². The zero-order chi connectivity index (χ0) is 16.4. The maximum Gasteiger partial charge on any atom is 0.193 e. The minimum absolute atomic E-state index is 0. The molecule has 1 heterocycles. The van der Waals surface area contributed by atoms with Crippen LogP contribution < -0.4 is 11.1 Å². The number of nitrogens with zero attached hydrogens (tertiary/aromatic N) is 3. The normalized spacial score (nSPS) is 16.2. The minimum atomic E-state index is 0. The maximum absolute atomic E-state index is 5.99. The number of rotatable bonds is 5. The van der Waals surface area contributed by atoms with Crippen molar-refractivity contribution in [2.45, 2.75) is 44.4 Å².